The van der Waals surface area contributed by atoms with E-state index in [9.17, 15) is 0 Å². The summed E-state index contributed by atoms with van der Waals surface area (Å²) >= 11 is -0.556. The Labute approximate surface area is 174 Å². The third-order valence-corrected chi connectivity index (χ3v) is 8.90. The molecule has 1 spiro atoms. The van der Waals surface area contributed by atoms with Crippen LogP contribution in [0.5, 0.6) is 0 Å². The first kappa shape index (κ1) is 25.9. The van der Waals surface area contributed by atoms with Crippen LogP contribution in [0.25, 0.3) is 4.98 Å². The van der Waals surface area contributed by atoms with Gasteiger partial charge in [-0.3, -0.25) is 0 Å². The minimum absolute atomic E-state index is 0. The molecular weight excluding hydrogens is 403 g/mol. The Balaban J connectivity index is 0.00000134. The van der Waals surface area contributed by atoms with Gasteiger partial charge in [0.15, 0.2) is 0 Å². The molecule has 0 aromatic rings. The summed E-state index contributed by atoms with van der Waals surface area (Å²) in [5.74, 6) is 0. The molecule has 0 N–H and O–H groups in total. The van der Waals surface area contributed by atoms with Gasteiger partial charge in [0.05, 0.1) is 0 Å². The minimum atomic E-state index is -1.56. The van der Waals surface area contributed by atoms with Crippen molar-refractivity contribution in [3.63, 3.8) is 0 Å². The standard InChI is InChI=1S/C18H33N2Si.CH3.2ClH.Ti/c1-17(2,3)19-21(6,7)15-13-16(20(4)5)18(14-15)11-9-8-10-12-18;;;;/h8-11,15-16H,12-14H2,1-7H3;1H3;2*1H;/q2*-1;;;+2/p-2. The summed E-state index contributed by atoms with van der Waals surface area (Å²) in [6.07, 6.45) is 13.1. The quantitative estimate of drug-likeness (QED) is 0.350. The van der Waals surface area contributed by atoms with Gasteiger partial charge in [-0.1, -0.05) is 71.9 Å². The second kappa shape index (κ2) is 10.5. The van der Waals surface area contributed by atoms with Crippen LogP contribution in [0.1, 0.15) is 40.0 Å². The Hall–Kier alpha value is 0.911. The zero-order valence-corrected chi connectivity index (χ0v) is 21.3. The number of rotatable bonds is 3. The van der Waals surface area contributed by atoms with Crippen LogP contribution in [0.15, 0.2) is 24.3 Å². The molecule has 0 saturated heterocycles. The van der Waals surface area contributed by atoms with Crippen molar-refractivity contribution in [3.05, 3.63) is 36.7 Å². The molecule has 1 fully saturated rings. The fraction of sp³-hybridized carbons (Fsp3) is 0.737. The monoisotopic (exact) mass is 438 g/mol. The molecule has 0 bridgehead atoms. The first-order chi connectivity index (χ1) is 11.0. The van der Waals surface area contributed by atoms with Crippen molar-refractivity contribution in [2.75, 3.05) is 14.1 Å². The van der Waals surface area contributed by atoms with Gasteiger partial charge in [-0.15, -0.1) is 5.54 Å². The van der Waals surface area contributed by atoms with Crippen molar-refractivity contribution in [3.8, 4) is 0 Å². The zero-order chi connectivity index (χ0) is 18.6. The molecule has 2 nitrogen and oxygen atoms in total. The van der Waals surface area contributed by atoms with E-state index in [2.05, 4.69) is 77.2 Å². The second-order valence-electron chi connectivity index (χ2n) is 8.85. The Kier molecular flexibility index (Phi) is 10.8. The average Bonchev–Trinajstić information content (AvgIpc) is 2.78. The number of hydrogen-bond acceptors (Lipinski definition) is 1. The fourth-order valence-electron chi connectivity index (χ4n) is 4.48. The molecule has 3 unspecified atom stereocenters. The van der Waals surface area contributed by atoms with Crippen LogP contribution < -0.4 is 0 Å². The van der Waals surface area contributed by atoms with Gasteiger partial charge in [0.25, 0.3) is 0 Å². The molecule has 0 aromatic carbocycles. The van der Waals surface area contributed by atoms with E-state index in [1.165, 1.54) is 19.3 Å². The maximum atomic E-state index is 5.27. The average molecular weight is 439 g/mol. The van der Waals surface area contributed by atoms with Crippen LogP contribution in [-0.4, -0.2) is 38.8 Å². The summed E-state index contributed by atoms with van der Waals surface area (Å²) in [7, 11) is 12.7. The molecular formula is C19H36Cl2N2SiTi-2. The molecule has 2 rings (SSSR count). The van der Waals surface area contributed by atoms with Crippen LogP contribution in [0.4, 0.5) is 0 Å². The summed E-state index contributed by atoms with van der Waals surface area (Å²) in [6, 6.07) is 0.658. The normalized spacial score (nSPS) is 28.6. The molecule has 2 aliphatic rings. The van der Waals surface area contributed by atoms with Crippen molar-refractivity contribution in [2.45, 2.75) is 70.2 Å². The van der Waals surface area contributed by atoms with Crippen LogP contribution in [0.2, 0.25) is 18.6 Å². The van der Waals surface area contributed by atoms with E-state index in [0.29, 0.717) is 11.5 Å². The molecule has 0 radical (unpaired) electrons. The summed E-state index contributed by atoms with van der Waals surface area (Å²) < 4.78 is 0. The van der Waals surface area contributed by atoms with E-state index < -0.39 is 25.3 Å². The Morgan fingerprint density at radius 1 is 1.20 bits per heavy atom. The predicted molar refractivity (Wildman–Crippen MR) is 115 cm³/mol. The van der Waals surface area contributed by atoms with Crippen molar-refractivity contribution >= 4 is 26.8 Å². The summed E-state index contributed by atoms with van der Waals surface area (Å²) in [6.45, 7) is 11.7. The molecule has 0 aliphatic heterocycles. The van der Waals surface area contributed by atoms with Gasteiger partial charge in [0, 0.05) is 11.5 Å². The molecule has 0 amide bonds. The summed E-state index contributed by atoms with van der Waals surface area (Å²) in [5.41, 5.74) is 1.24. The van der Waals surface area contributed by atoms with E-state index in [1.54, 1.807) is 0 Å². The van der Waals surface area contributed by atoms with E-state index in [4.69, 9.17) is 23.6 Å². The first-order valence-electron chi connectivity index (χ1n) is 8.68. The van der Waals surface area contributed by atoms with E-state index in [1.807, 2.05) is 0 Å². The Bertz CT molecular complexity index is 461. The van der Waals surface area contributed by atoms with E-state index >= 15 is 0 Å². The van der Waals surface area contributed by atoms with Crippen LogP contribution in [0.3, 0.4) is 0 Å². The molecule has 0 aromatic heterocycles. The van der Waals surface area contributed by atoms with Crippen molar-refractivity contribution in [2.24, 2.45) is 5.41 Å². The topological polar surface area (TPSA) is 17.3 Å². The van der Waals surface area contributed by atoms with Crippen LogP contribution >= 0.6 is 18.6 Å². The van der Waals surface area contributed by atoms with Crippen LogP contribution in [-0.2, 0) is 17.0 Å². The molecule has 25 heavy (non-hydrogen) atoms. The number of nitrogens with zero attached hydrogens (tertiary/aromatic N) is 2. The van der Waals surface area contributed by atoms with Crippen molar-refractivity contribution in [1.82, 2.24) is 4.90 Å². The number of halogens is 2. The molecule has 6 heteroatoms. The van der Waals surface area contributed by atoms with Gasteiger partial charge in [-0.25, -0.2) is 0 Å². The molecule has 3 atom stereocenters. The summed E-state index contributed by atoms with van der Waals surface area (Å²) in [4.78, 5) is 7.72. The van der Waals surface area contributed by atoms with Crippen LogP contribution in [0, 0.1) is 12.8 Å². The predicted octanol–water partition coefficient (Wildman–Crippen LogP) is 6.79. The van der Waals surface area contributed by atoms with Gasteiger partial charge in [0.2, 0.25) is 0 Å². The molecule has 2 aliphatic carbocycles. The molecule has 146 valence electrons. The number of hydrogen-bond donors (Lipinski definition) is 0. The third kappa shape index (κ3) is 7.44. The zero-order valence-electron chi connectivity index (χ0n) is 17.2. The second-order valence-corrected chi connectivity index (χ2v) is 15.8. The van der Waals surface area contributed by atoms with Gasteiger partial charge in [-0.05, 0) is 33.4 Å². The SMILES string of the molecule is CN(C)C1CC([Si](C)(C)[N-]C(C)(C)C)CC12C=CC=CC2.[CH3-].[Cl][Ti][Cl]. The summed E-state index contributed by atoms with van der Waals surface area (Å²) in [5, 5.41) is 0. The van der Waals surface area contributed by atoms with Gasteiger partial charge in [-0.2, -0.15) is 0 Å². The number of allylic oxidation sites excluding steroid dienone is 3. The van der Waals surface area contributed by atoms with E-state index in [0.717, 1.165) is 5.54 Å². The van der Waals surface area contributed by atoms with Gasteiger partial charge in [0.1, 0.15) is 0 Å². The Morgan fingerprint density at radius 2 is 1.76 bits per heavy atom. The molecule has 0 heterocycles. The van der Waals surface area contributed by atoms with Crippen molar-refractivity contribution in [1.29, 1.82) is 0 Å². The Morgan fingerprint density at radius 3 is 2.16 bits per heavy atom. The third-order valence-electron chi connectivity index (χ3n) is 5.22. The van der Waals surface area contributed by atoms with Crippen molar-refractivity contribution < 1.29 is 17.0 Å². The van der Waals surface area contributed by atoms with Gasteiger partial charge >= 0.3 is 35.6 Å². The van der Waals surface area contributed by atoms with Gasteiger partial charge < -0.3 is 17.3 Å². The molecule has 1 saturated carbocycles. The van der Waals surface area contributed by atoms with E-state index in [-0.39, 0.29) is 13.0 Å². The first-order valence-corrected chi connectivity index (χ1v) is 16.0. The maximum absolute atomic E-state index is 5.27. The fourth-order valence-corrected chi connectivity index (χ4v) is 8.07.